The van der Waals surface area contributed by atoms with Crippen LogP contribution in [-0.2, 0) is 6.42 Å². The molecule has 0 aliphatic rings. The molecule has 0 unspecified atom stereocenters. The van der Waals surface area contributed by atoms with Crippen LogP contribution in [0.15, 0.2) is 30.5 Å². The summed E-state index contributed by atoms with van der Waals surface area (Å²) in [6.07, 6.45) is 2.90. The number of hydrogen-bond donors (Lipinski definition) is 2. The Morgan fingerprint density at radius 1 is 1.38 bits per heavy atom. The van der Waals surface area contributed by atoms with E-state index in [0.717, 1.165) is 6.42 Å². The minimum Gasteiger partial charge on any atom is -0.361 e. The maximum Gasteiger partial charge on any atom is 0.0454 e. The van der Waals surface area contributed by atoms with Crippen LogP contribution in [0.25, 0.3) is 10.9 Å². The summed E-state index contributed by atoms with van der Waals surface area (Å²) in [5.74, 6) is 0. The molecule has 1 aromatic carbocycles. The van der Waals surface area contributed by atoms with Crippen molar-refractivity contribution in [3.8, 4) is 0 Å². The molecule has 2 rings (SSSR count). The molecule has 3 N–H and O–H groups in total. The second-order valence-electron chi connectivity index (χ2n) is 3.58. The molecule has 0 spiro atoms. The van der Waals surface area contributed by atoms with E-state index in [1.54, 1.807) is 0 Å². The number of nitrogens with one attached hydrogen (secondary N) is 1. The smallest absolute Gasteiger partial charge is 0.0454 e. The summed E-state index contributed by atoms with van der Waals surface area (Å²) in [7, 11) is 0. The van der Waals surface area contributed by atoms with Crippen LogP contribution in [0, 0.1) is 0 Å². The van der Waals surface area contributed by atoms with Crippen molar-refractivity contribution in [3.63, 3.8) is 0 Å². The minimum absolute atomic E-state index is 0.233. The normalized spacial score (nSPS) is 13.4. The molecule has 0 bridgehead atoms. The molecular formula is C11H14N2. The number of aromatic nitrogens is 1. The third-order valence-electron chi connectivity index (χ3n) is 2.18. The number of H-pyrrole nitrogens is 1. The Labute approximate surface area is 77.8 Å². The molecule has 68 valence electrons. The summed E-state index contributed by atoms with van der Waals surface area (Å²) in [5, 5.41) is 1.26. The van der Waals surface area contributed by atoms with Gasteiger partial charge < -0.3 is 10.7 Å². The fourth-order valence-electron chi connectivity index (χ4n) is 1.60. The van der Waals surface area contributed by atoms with Gasteiger partial charge in [-0.1, -0.05) is 6.07 Å². The molecule has 2 aromatic rings. The standard InChI is InChI=1S/C11H14N2/c1-8(12)6-9-2-3-11-10(7-9)4-5-13-11/h2-5,7-8,13H,6,12H2,1H3/t8-/m1/s1. The molecule has 0 saturated heterocycles. The first-order chi connectivity index (χ1) is 6.25. The van der Waals surface area contributed by atoms with Crippen LogP contribution in [0.2, 0.25) is 0 Å². The van der Waals surface area contributed by atoms with E-state index in [9.17, 15) is 0 Å². The Kier molecular flexibility index (Phi) is 2.07. The Morgan fingerprint density at radius 2 is 2.23 bits per heavy atom. The fourth-order valence-corrected chi connectivity index (χ4v) is 1.60. The number of aromatic amines is 1. The predicted octanol–water partition coefficient (Wildman–Crippen LogP) is 2.06. The van der Waals surface area contributed by atoms with Gasteiger partial charge in [0, 0.05) is 17.8 Å². The number of nitrogens with two attached hydrogens (primary N) is 1. The molecule has 0 radical (unpaired) electrons. The van der Waals surface area contributed by atoms with E-state index in [2.05, 4.69) is 29.2 Å². The molecule has 2 nitrogen and oxygen atoms in total. The van der Waals surface area contributed by atoms with Gasteiger partial charge in [-0.25, -0.2) is 0 Å². The van der Waals surface area contributed by atoms with Crippen molar-refractivity contribution in [2.24, 2.45) is 5.73 Å². The van der Waals surface area contributed by atoms with Crippen molar-refractivity contribution >= 4 is 10.9 Å². The zero-order valence-corrected chi connectivity index (χ0v) is 7.75. The maximum atomic E-state index is 5.74. The van der Waals surface area contributed by atoms with Gasteiger partial charge >= 0.3 is 0 Å². The summed E-state index contributed by atoms with van der Waals surface area (Å²) in [4.78, 5) is 3.17. The van der Waals surface area contributed by atoms with Crippen LogP contribution in [0.3, 0.4) is 0 Å². The fraction of sp³-hybridized carbons (Fsp3) is 0.273. The van der Waals surface area contributed by atoms with Crippen LogP contribution in [-0.4, -0.2) is 11.0 Å². The molecule has 1 aromatic heterocycles. The van der Waals surface area contributed by atoms with Gasteiger partial charge in [-0.05, 0) is 42.5 Å². The molecule has 1 atom stereocenters. The molecular weight excluding hydrogens is 160 g/mol. The second kappa shape index (κ2) is 3.23. The van der Waals surface area contributed by atoms with E-state index in [1.165, 1.54) is 16.5 Å². The van der Waals surface area contributed by atoms with Crippen molar-refractivity contribution in [3.05, 3.63) is 36.0 Å². The van der Waals surface area contributed by atoms with Gasteiger partial charge in [-0.2, -0.15) is 0 Å². The molecule has 0 saturated carbocycles. The van der Waals surface area contributed by atoms with E-state index in [-0.39, 0.29) is 6.04 Å². The molecule has 0 aliphatic heterocycles. The zero-order valence-electron chi connectivity index (χ0n) is 7.75. The Hall–Kier alpha value is -1.28. The third-order valence-corrected chi connectivity index (χ3v) is 2.18. The summed E-state index contributed by atoms with van der Waals surface area (Å²) in [5.41, 5.74) is 8.23. The van der Waals surface area contributed by atoms with E-state index < -0.39 is 0 Å². The van der Waals surface area contributed by atoms with Gasteiger partial charge in [0.25, 0.3) is 0 Å². The van der Waals surface area contributed by atoms with Crippen LogP contribution < -0.4 is 5.73 Å². The van der Waals surface area contributed by atoms with Gasteiger partial charge in [0.15, 0.2) is 0 Å². The molecule has 0 fully saturated rings. The van der Waals surface area contributed by atoms with Gasteiger partial charge in [-0.3, -0.25) is 0 Å². The average molecular weight is 174 g/mol. The molecule has 2 heteroatoms. The monoisotopic (exact) mass is 174 g/mol. The maximum absolute atomic E-state index is 5.74. The van der Waals surface area contributed by atoms with Crippen LogP contribution in [0.1, 0.15) is 12.5 Å². The second-order valence-corrected chi connectivity index (χ2v) is 3.58. The Morgan fingerprint density at radius 3 is 3.00 bits per heavy atom. The highest BCUT2D eigenvalue weighted by molar-refractivity contribution is 5.79. The van der Waals surface area contributed by atoms with Crippen molar-refractivity contribution in [1.29, 1.82) is 0 Å². The summed E-state index contributed by atoms with van der Waals surface area (Å²) in [6.45, 7) is 2.03. The number of fused-ring (bicyclic) bond motifs is 1. The van der Waals surface area contributed by atoms with Crippen LogP contribution in [0.5, 0.6) is 0 Å². The van der Waals surface area contributed by atoms with E-state index in [1.807, 2.05) is 13.1 Å². The lowest BCUT2D eigenvalue weighted by Crippen LogP contribution is -2.17. The van der Waals surface area contributed by atoms with Crippen molar-refractivity contribution < 1.29 is 0 Å². The van der Waals surface area contributed by atoms with E-state index >= 15 is 0 Å². The summed E-state index contributed by atoms with van der Waals surface area (Å²) >= 11 is 0. The lowest BCUT2D eigenvalue weighted by Gasteiger charge is -2.04. The first-order valence-electron chi connectivity index (χ1n) is 4.57. The van der Waals surface area contributed by atoms with Crippen LogP contribution in [0.4, 0.5) is 0 Å². The third kappa shape index (κ3) is 1.73. The zero-order chi connectivity index (χ0) is 9.26. The first kappa shape index (κ1) is 8.32. The van der Waals surface area contributed by atoms with Gasteiger partial charge in [0.05, 0.1) is 0 Å². The number of hydrogen-bond acceptors (Lipinski definition) is 1. The number of rotatable bonds is 2. The quantitative estimate of drug-likeness (QED) is 0.719. The van der Waals surface area contributed by atoms with Gasteiger partial charge in [0.1, 0.15) is 0 Å². The highest BCUT2D eigenvalue weighted by Gasteiger charge is 1.99. The average Bonchev–Trinajstić information content (AvgIpc) is 2.49. The van der Waals surface area contributed by atoms with E-state index in [0.29, 0.717) is 0 Å². The molecule has 13 heavy (non-hydrogen) atoms. The SMILES string of the molecule is C[C@@H](N)Cc1ccc2[nH]ccc2c1. The summed E-state index contributed by atoms with van der Waals surface area (Å²) < 4.78 is 0. The lowest BCUT2D eigenvalue weighted by molar-refractivity contribution is 0.739. The first-order valence-corrected chi connectivity index (χ1v) is 4.57. The Balaban J connectivity index is 2.37. The van der Waals surface area contributed by atoms with E-state index in [4.69, 9.17) is 5.73 Å². The molecule has 0 amide bonds. The van der Waals surface area contributed by atoms with Crippen molar-refractivity contribution in [1.82, 2.24) is 4.98 Å². The van der Waals surface area contributed by atoms with Crippen molar-refractivity contribution in [2.45, 2.75) is 19.4 Å². The highest BCUT2D eigenvalue weighted by Crippen LogP contribution is 2.14. The van der Waals surface area contributed by atoms with Gasteiger partial charge in [0.2, 0.25) is 0 Å². The molecule has 1 heterocycles. The lowest BCUT2D eigenvalue weighted by atomic mass is 10.1. The minimum atomic E-state index is 0.233. The Bertz CT molecular complexity index is 401. The largest absolute Gasteiger partial charge is 0.361 e. The predicted molar refractivity (Wildman–Crippen MR) is 55.7 cm³/mol. The van der Waals surface area contributed by atoms with Crippen LogP contribution >= 0.6 is 0 Å². The van der Waals surface area contributed by atoms with Gasteiger partial charge in [-0.15, -0.1) is 0 Å². The van der Waals surface area contributed by atoms with Crippen molar-refractivity contribution in [2.75, 3.05) is 0 Å². The summed E-state index contributed by atoms with van der Waals surface area (Å²) in [6, 6.07) is 8.74. The molecule has 0 aliphatic carbocycles. The topological polar surface area (TPSA) is 41.8 Å². The number of benzene rings is 1. The highest BCUT2D eigenvalue weighted by atomic mass is 14.7.